The molecule has 1 amide bonds. The lowest BCUT2D eigenvalue weighted by molar-refractivity contribution is 0.102. The van der Waals surface area contributed by atoms with E-state index in [9.17, 15) is 22.9 Å². The minimum atomic E-state index is -4.48. The molecule has 0 fully saturated rings. The normalized spacial score (nSPS) is 11.7. The Kier molecular flexibility index (Phi) is 7.89. The summed E-state index contributed by atoms with van der Waals surface area (Å²) in [5.74, 6) is -0.720. The van der Waals surface area contributed by atoms with Gasteiger partial charge in [0.25, 0.3) is 16.0 Å². The van der Waals surface area contributed by atoms with Crippen molar-refractivity contribution in [3.63, 3.8) is 0 Å². The van der Waals surface area contributed by atoms with Crippen molar-refractivity contribution in [2.75, 3.05) is 12.4 Å². The van der Waals surface area contributed by atoms with Crippen LogP contribution in [0.25, 0.3) is 10.8 Å². The fourth-order valence-electron chi connectivity index (χ4n) is 3.81. The quantitative estimate of drug-likeness (QED) is 0.156. The zero-order chi connectivity index (χ0) is 27.6. The Morgan fingerprint density at radius 1 is 1.03 bits per heavy atom. The first-order valence-electron chi connectivity index (χ1n) is 11.1. The van der Waals surface area contributed by atoms with E-state index in [0.29, 0.717) is 28.5 Å². The summed E-state index contributed by atoms with van der Waals surface area (Å²) in [6.07, 6.45) is 0.327. The van der Waals surface area contributed by atoms with Gasteiger partial charge < -0.3 is 15.2 Å². The molecule has 0 radical (unpaired) electrons. The van der Waals surface area contributed by atoms with Crippen molar-refractivity contribution in [3.8, 4) is 11.5 Å². The first-order valence-corrected chi connectivity index (χ1v) is 13.3. The smallest absolute Gasteiger partial charge is 0.294 e. The fourth-order valence-corrected chi connectivity index (χ4v) is 4.96. The number of hydrogen-bond donors (Lipinski definition) is 3. The summed E-state index contributed by atoms with van der Waals surface area (Å²) >= 11 is 12.6. The van der Waals surface area contributed by atoms with E-state index in [1.54, 1.807) is 49.4 Å². The van der Waals surface area contributed by atoms with E-state index in [0.717, 1.165) is 6.07 Å². The second-order valence-corrected chi connectivity index (χ2v) is 10.3. The van der Waals surface area contributed by atoms with E-state index in [-0.39, 0.29) is 37.6 Å². The molecule has 12 heteroatoms. The number of phenols is 1. The number of nitrogens with one attached hydrogen (secondary N) is 1. The van der Waals surface area contributed by atoms with Gasteiger partial charge in [0.05, 0.1) is 28.3 Å². The van der Waals surface area contributed by atoms with Crippen LogP contribution in [0, 0.1) is 0 Å². The molecular weight excluding hydrogens is 553 g/mol. The number of carbonyl (C=O) groups is 1. The molecule has 0 aliphatic carbocycles. The van der Waals surface area contributed by atoms with E-state index in [2.05, 4.69) is 15.5 Å². The average molecular weight is 574 g/mol. The molecule has 0 aliphatic heterocycles. The predicted molar refractivity (Wildman–Crippen MR) is 146 cm³/mol. The van der Waals surface area contributed by atoms with Gasteiger partial charge in [0.15, 0.2) is 5.75 Å². The van der Waals surface area contributed by atoms with Crippen molar-refractivity contribution >= 4 is 67.1 Å². The third kappa shape index (κ3) is 5.44. The first kappa shape index (κ1) is 27.3. The molecule has 38 heavy (non-hydrogen) atoms. The molecule has 196 valence electrons. The molecule has 3 N–H and O–H groups in total. The van der Waals surface area contributed by atoms with Crippen molar-refractivity contribution in [2.45, 2.75) is 18.2 Å². The molecular formula is C26H21Cl2N3O6S. The Bertz CT molecular complexity index is 1710. The zero-order valence-corrected chi connectivity index (χ0v) is 22.4. The van der Waals surface area contributed by atoms with Gasteiger partial charge in [-0.05, 0) is 47.7 Å². The third-order valence-electron chi connectivity index (χ3n) is 5.72. The highest BCUT2D eigenvalue weighted by Gasteiger charge is 2.21. The summed E-state index contributed by atoms with van der Waals surface area (Å²) in [5.41, 5.74) is 0.759. The summed E-state index contributed by atoms with van der Waals surface area (Å²) in [5, 5.41) is 23.4. The van der Waals surface area contributed by atoms with Gasteiger partial charge in [0.1, 0.15) is 22.1 Å². The third-order valence-corrected chi connectivity index (χ3v) is 7.23. The molecule has 4 rings (SSSR count). The van der Waals surface area contributed by atoms with E-state index in [1.807, 2.05) is 0 Å². The molecule has 0 spiro atoms. The number of amides is 1. The number of azo groups is 1. The van der Waals surface area contributed by atoms with Crippen LogP contribution in [0.2, 0.25) is 10.0 Å². The Morgan fingerprint density at radius 2 is 1.74 bits per heavy atom. The van der Waals surface area contributed by atoms with Crippen LogP contribution >= 0.6 is 23.2 Å². The summed E-state index contributed by atoms with van der Waals surface area (Å²) in [6, 6.07) is 15.7. The van der Waals surface area contributed by atoms with E-state index < -0.39 is 21.8 Å². The number of phenolic OH excluding ortho intramolecular Hbond substituents is 1. The zero-order valence-electron chi connectivity index (χ0n) is 20.1. The Labute approximate surface area is 228 Å². The fraction of sp³-hybridized carbons (Fsp3) is 0.115. The molecule has 0 saturated heterocycles. The molecule has 0 aromatic heterocycles. The van der Waals surface area contributed by atoms with Crippen LogP contribution in [0.3, 0.4) is 0 Å². The number of fused-ring (bicyclic) bond motifs is 1. The maximum Gasteiger partial charge on any atom is 0.294 e. The standard InChI is InChI=1S/C26H21Cl2N3O6S/c1-3-14-11-16(38(34,35)36)13-19(27)23(14)30-31-24-17-8-5-4-7-15(17)12-18(25(24)32)26(33)29-20-9-6-10-21(37-2)22(20)28/h4-13,32H,3H2,1-2H3,(H,29,33)(H,34,35,36). The molecule has 4 aromatic rings. The lowest BCUT2D eigenvalue weighted by atomic mass is 10.0. The van der Waals surface area contributed by atoms with Crippen LogP contribution in [-0.4, -0.2) is 31.1 Å². The van der Waals surface area contributed by atoms with Crippen molar-refractivity contribution < 1.29 is 27.6 Å². The number of anilines is 1. The van der Waals surface area contributed by atoms with Gasteiger partial charge in [-0.3, -0.25) is 9.35 Å². The van der Waals surface area contributed by atoms with E-state index in [1.165, 1.54) is 19.2 Å². The van der Waals surface area contributed by atoms with Crippen molar-refractivity contribution in [1.82, 2.24) is 0 Å². The number of rotatable bonds is 7. The van der Waals surface area contributed by atoms with E-state index >= 15 is 0 Å². The van der Waals surface area contributed by atoms with Gasteiger partial charge in [-0.25, -0.2) is 0 Å². The van der Waals surface area contributed by atoms with Crippen LogP contribution in [0.4, 0.5) is 17.1 Å². The van der Waals surface area contributed by atoms with Crippen LogP contribution in [0.1, 0.15) is 22.8 Å². The minimum Gasteiger partial charge on any atom is -0.505 e. The molecule has 0 unspecified atom stereocenters. The Morgan fingerprint density at radius 3 is 2.42 bits per heavy atom. The summed E-state index contributed by atoms with van der Waals surface area (Å²) in [6.45, 7) is 1.75. The number of aromatic hydroxyl groups is 1. The van der Waals surface area contributed by atoms with Gasteiger partial charge in [-0.15, -0.1) is 10.2 Å². The number of benzene rings is 4. The second kappa shape index (κ2) is 11.0. The maximum atomic E-state index is 13.2. The average Bonchev–Trinajstić information content (AvgIpc) is 2.88. The monoisotopic (exact) mass is 573 g/mol. The minimum absolute atomic E-state index is 0.00182. The lowest BCUT2D eigenvalue weighted by Crippen LogP contribution is -2.12. The van der Waals surface area contributed by atoms with Crippen molar-refractivity contribution in [1.29, 1.82) is 0 Å². The number of halogens is 2. The number of nitrogens with zero attached hydrogens (tertiary/aromatic N) is 2. The number of aryl methyl sites for hydroxylation is 1. The van der Waals surface area contributed by atoms with Crippen LogP contribution in [0.15, 0.2) is 75.8 Å². The van der Waals surface area contributed by atoms with Gasteiger partial charge in [0, 0.05) is 5.39 Å². The van der Waals surface area contributed by atoms with Gasteiger partial charge in [-0.1, -0.05) is 60.5 Å². The molecule has 0 bridgehead atoms. The molecule has 4 aromatic carbocycles. The van der Waals surface area contributed by atoms with Crippen molar-refractivity contribution in [2.24, 2.45) is 10.2 Å². The maximum absolute atomic E-state index is 13.2. The van der Waals surface area contributed by atoms with Crippen LogP contribution in [-0.2, 0) is 16.5 Å². The van der Waals surface area contributed by atoms with Gasteiger partial charge >= 0.3 is 0 Å². The molecule has 0 heterocycles. The summed E-state index contributed by atoms with van der Waals surface area (Å²) in [4.78, 5) is 12.8. The highest BCUT2D eigenvalue weighted by Crippen LogP contribution is 2.42. The first-order chi connectivity index (χ1) is 18.0. The number of hydrogen-bond acceptors (Lipinski definition) is 7. The van der Waals surface area contributed by atoms with Gasteiger partial charge in [-0.2, -0.15) is 8.42 Å². The number of ether oxygens (including phenoxy) is 1. The van der Waals surface area contributed by atoms with E-state index in [4.69, 9.17) is 27.9 Å². The number of methoxy groups -OCH3 is 1. The van der Waals surface area contributed by atoms with Crippen molar-refractivity contribution in [3.05, 3.63) is 81.8 Å². The SMILES string of the molecule is CCc1cc(S(=O)(=O)O)cc(Cl)c1N=Nc1c(O)c(C(=O)Nc2cccc(OC)c2Cl)cc2ccccc12. The Hall–Kier alpha value is -3.70. The Balaban J connectivity index is 1.82. The van der Waals surface area contributed by atoms with Crippen LogP contribution < -0.4 is 10.1 Å². The van der Waals surface area contributed by atoms with Gasteiger partial charge in [0.2, 0.25) is 0 Å². The molecule has 0 saturated carbocycles. The van der Waals surface area contributed by atoms with Crippen LogP contribution in [0.5, 0.6) is 11.5 Å². The lowest BCUT2D eigenvalue weighted by Gasteiger charge is -2.13. The highest BCUT2D eigenvalue weighted by molar-refractivity contribution is 7.85. The summed E-state index contributed by atoms with van der Waals surface area (Å²) < 4.78 is 37.7. The largest absolute Gasteiger partial charge is 0.505 e. The molecule has 0 atom stereocenters. The molecule has 0 aliphatic rings. The number of carbonyl (C=O) groups excluding carboxylic acids is 1. The highest BCUT2D eigenvalue weighted by atomic mass is 35.5. The topological polar surface area (TPSA) is 138 Å². The predicted octanol–water partition coefficient (Wildman–Crippen LogP) is 7.34. The molecule has 9 nitrogen and oxygen atoms in total. The second-order valence-electron chi connectivity index (χ2n) is 8.06. The summed E-state index contributed by atoms with van der Waals surface area (Å²) in [7, 11) is -3.03.